The molecule has 0 saturated carbocycles. The average molecular weight is 670 g/mol. The number of ether oxygens (including phenoxy) is 2. The van der Waals surface area contributed by atoms with Crippen molar-refractivity contribution in [1.82, 2.24) is 9.88 Å². The van der Waals surface area contributed by atoms with E-state index >= 15 is 0 Å². The summed E-state index contributed by atoms with van der Waals surface area (Å²) in [6, 6.07) is 19.2. The van der Waals surface area contributed by atoms with Crippen LogP contribution in [-0.4, -0.2) is 50.3 Å². The third-order valence-corrected chi connectivity index (χ3v) is 10.4. The van der Waals surface area contributed by atoms with Crippen LogP contribution < -0.4 is 10.1 Å². The number of hydrogen-bond acceptors (Lipinski definition) is 5. The molecule has 1 aliphatic heterocycles. The van der Waals surface area contributed by atoms with E-state index in [1.165, 1.54) is 36.8 Å². The molecule has 3 aromatic rings. The number of pyridine rings is 1. The van der Waals surface area contributed by atoms with Crippen molar-refractivity contribution in [1.29, 1.82) is 0 Å². The van der Waals surface area contributed by atoms with Gasteiger partial charge >= 0.3 is 0 Å². The second kappa shape index (κ2) is 18.4. The number of nitrogens with zero attached hydrogens (tertiary/aromatic N) is 2. The monoisotopic (exact) mass is 669 g/mol. The normalized spacial score (nSPS) is 17.5. The molecule has 0 amide bonds. The second-order valence-electron chi connectivity index (χ2n) is 13.5. The average Bonchev–Trinajstić information content (AvgIpc) is 3.49. The van der Waals surface area contributed by atoms with Gasteiger partial charge in [-0.05, 0) is 92.3 Å². The van der Waals surface area contributed by atoms with E-state index in [-0.39, 0.29) is 5.92 Å². The molecular formula is C42H56ClN3O2. The standard InChI is InChI=1S/C42H56ClN3O2/c1-9-14-32(23-30(4)34-24-36(10-2)46(6)28-34)18-17-29(3)37-20-19-35(25-41(37)48-8)45-42-26-39(40(43)27-44-42)31(5)38(21-22-47-7)33-15-12-11-13-16-33/h11-13,15-16,19-20,25-27,32,34,36,38H,3-5,9-10,14,17-18,21-24,28H2,1-2,6-8H3,(H,44,45). The van der Waals surface area contributed by atoms with Gasteiger partial charge in [-0.1, -0.05) is 93.9 Å². The van der Waals surface area contributed by atoms with E-state index in [0.29, 0.717) is 35.3 Å². The minimum Gasteiger partial charge on any atom is -0.496 e. The molecule has 5 nitrogen and oxygen atoms in total. The molecule has 4 atom stereocenters. The number of hydrogen-bond donors (Lipinski definition) is 1. The maximum Gasteiger partial charge on any atom is 0.130 e. The topological polar surface area (TPSA) is 46.6 Å². The molecule has 0 bridgehead atoms. The van der Waals surface area contributed by atoms with Gasteiger partial charge in [0.2, 0.25) is 0 Å². The van der Waals surface area contributed by atoms with E-state index < -0.39 is 0 Å². The predicted molar refractivity (Wildman–Crippen MR) is 205 cm³/mol. The molecule has 0 aliphatic carbocycles. The van der Waals surface area contributed by atoms with Crippen molar-refractivity contribution in [3.05, 3.63) is 108 Å². The molecule has 1 aromatic heterocycles. The zero-order valence-electron chi connectivity index (χ0n) is 29.9. The number of nitrogens with one attached hydrogen (secondary N) is 1. The Kier molecular flexibility index (Phi) is 14.4. The minimum absolute atomic E-state index is 0.0668. The molecule has 1 saturated heterocycles. The predicted octanol–water partition coefficient (Wildman–Crippen LogP) is 11.2. The van der Waals surface area contributed by atoms with E-state index in [4.69, 9.17) is 21.1 Å². The summed E-state index contributed by atoms with van der Waals surface area (Å²) >= 11 is 6.69. The molecule has 48 heavy (non-hydrogen) atoms. The quantitative estimate of drug-likeness (QED) is 0.129. The third kappa shape index (κ3) is 9.84. The molecule has 1 fully saturated rings. The largest absolute Gasteiger partial charge is 0.496 e. The molecule has 1 N–H and O–H groups in total. The van der Waals surface area contributed by atoms with Crippen molar-refractivity contribution in [3.63, 3.8) is 0 Å². The number of likely N-dealkylation sites (tertiary alicyclic amines) is 1. The van der Waals surface area contributed by atoms with Crippen LogP contribution in [0.25, 0.3) is 11.1 Å². The molecule has 0 radical (unpaired) electrons. The Balaban J connectivity index is 1.43. The van der Waals surface area contributed by atoms with Gasteiger partial charge in [0.05, 0.1) is 12.1 Å². The highest BCUT2D eigenvalue weighted by Gasteiger charge is 2.30. The lowest BCUT2D eigenvalue weighted by Crippen LogP contribution is -2.23. The van der Waals surface area contributed by atoms with Gasteiger partial charge < -0.3 is 19.7 Å². The van der Waals surface area contributed by atoms with Gasteiger partial charge in [0.1, 0.15) is 11.6 Å². The minimum atomic E-state index is 0.0668. The maximum absolute atomic E-state index is 6.69. The van der Waals surface area contributed by atoms with Crippen molar-refractivity contribution < 1.29 is 9.47 Å². The smallest absolute Gasteiger partial charge is 0.130 e. The molecule has 258 valence electrons. The SMILES string of the molecule is C=C(CCC(CCC)CC(=C)C1CC(CC)N(C)C1)c1ccc(Nc2cc(C(=C)C(CCOC)c3ccccc3)c(Cl)cn2)cc1OC. The van der Waals surface area contributed by atoms with Crippen LogP contribution in [0.2, 0.25) is 5.02 Å². The first-order chi connectivity index (χ1) is 23.2. The van der Waals surface area contributed by atoms with Crippen molar-refractivity contribution >= 4 is 34.3 Å². The van der Waals surface area contributed by atoms with Crippen molar-refractivity contribution in [2.24, 2.45) is 11.8 Å². The Bertz CT molecular complexity index is 1520. The van der Waals surface area contributed by atoms with Gasteiger partial charge in [0.15, 0.2) is 0 Å². The van der Waals surface area contributed by atoms with Gasteiger partial charge in [0.25, 0.3) is 0 Å². The summed E-state index contributed by atoms with van der Waals surface area (Å²) in [5, 5.41) is 4.02. The van der Waals surface area contributed by atoms with Crippen LogP contribution in [0.4, 0.5) is 11.5 Å². The van der Waals surface area contributed by atoms with Crippen LogP contribution in [0, 0.1) is 11.8 Å². The molecule has 4 unspecified atom stereocenters. The lowest BCUT2D eigenvalue weighted by molar-refractivity contribution is 0.192. The first kappa shape index (κ1) is 37.4. The summed E-state index contributed by atoms with van der Waals surface area (Å²) in [5.41, 5.74) is 7.43. The van der Waals surface area contributed by atoms with E-state index in [1.54, 1.807) is 20.4 Å². The summed E-state index contributed by atoms with van der Waals surface area (Å²) in [5.74, 6) is 2.78. The number of anilines is 2. The number of aromatic nitrogens is 1. The fraction of sp³-hybridized carbons (Fsp3) is 0.452. The van der Waals surface area contributed by atoms with Crippen LogP contribution in [0.1, 0.15) is 87.8 Å². The summed E-state index contributed by atoms with van der Waals surface area (Å²) in [4.78, 5) is 7.09. The summed E-state index contributed by atoms with van der Waals surface area (Å²) in [7, 11) is 5.70. The van der Waals surface area contributed by atoms with Crippen LogP contribution in [-0.2, 0) is 4.74 Å². The highest BCUT2D eigenvalue weighted by atomic mass is 35.5. The van der Waals surface area contributed by atoms with Gasteiger partial charge in [-0.15, -0.1) is 0 Å². The van der Waals surface area contributed by atoms with Gasteiger partial charge in [-0.3, -0.25) is 0 Å². The number of methoxy groups -OCH3 is 2. The summed E-state index contributed by atoms with van der Waals surface area (Å²) < 4.78 is 11.3. The Morgan fingerprint density at radius 3 is 2.46 bits per heavy atom. The molecule has 2 aromatic carbocycles. The lowest BCUT2D eigenvalue weighted by atomic mass is 9.84. The molecule has 2 heterocycles. The summed E-state index contributed by atoms with van der Waals surface area (Å²) in [6.45, 7) is 19.9. The maximum atomic E-state index is 6.69. The van der Waals surface area contributed by atoms with Gasteiger partial charge in [-0.25, -0.2) is 4.98 Å². The highest BCUT2D eigenvalue weighted by Crippen LogP contribution is 2.39. The molecule has 4 rings (SSSR count). The van der Waals surface area contributed by atoms with E-state index in [9.17, 15) is 0 Å². The van der Waals surface area contributed by atoms with Crippen LogP contribution in [0.3, 0.4) is 0 Å². The number of halogens is 1. The Labute approximate surface area is 295 Å². The molecule has 1 aliphatic rings. The van der Waals surface area contributed by atoms with E-state index in [0.717, 1.165) is 65.9 Å². The first-order valence-corrected chi connectivity index (χ1v) is 18.0. The number of benzene rings is 2. The van der Waals surface area contributed by atoms with E-state index in [1.807, 2.05) is 30.3 Å². The number of allylic oxidation sites excluding steroid dienone is 2. The Morgan fingerprint density at radius 2 is 1.79 bits per heavy atom. The highest BCUT2D eigenvalue weighted by molar-refractivity contribution is 6.32. The Morgan fingerprint density at radius 1 is 1.02 bits per heavy atom. The number of rotatable bonds is 19. The van der Waals surface area contributed by atoms with Crippen molar-refractivity contribution in [2.75, 3.05) is 39.7 Å². The summed E-state index contributed by atoms with van der Waals surface area (Å²) in [6.07, 6.45) is 10.5. The fourth-order valence-electron chi connectivity index (χ4n) is 7.27. The lowest BCUT2D eigenvalue weighted by Gasteiger charge is -2.22. The Hall–Kier alpha value is -3.38. The molecule has 0 spiro atoms. The van der Waals surface area contributed by atoms with Gasteiger partial charge in [-0.2, -0.15) is 0 Å². The van der Waals surface area contributed by atoms with Gasteiger partial charge in [0, 0.05) is 61.3 Å². The van der Waals surface area contributed by atoms with Crippen LogP contribution >= 0.6 is 11.6 Å². The molecular weight excluding hydrogens is 614 g/mol. The third-order valence-electron chi connectivity index (χ3n) is 10.1. The zero-order valence-corrected chi connectivity index (χ0v) is 30.6. The zero-order chi connectivity index (χ0) is 34.6. The fourth-order valence-corrected chi connectivity index (χ4v) is 7.50. The van der Waals surface area contributed by atoms with Crippen molar-refractivity contribution in [3.8, 4) is 5.75 Å². The van der Waals surface area contributed by atoms with Crippen molar-refractivity contribution in [2.45, 2.75) is 77.2 Å². The molecule has 6 heteroatoms. The van der Waals surface area contributed by atoms with Crippen LogP contribution in [0.15, 0.2) is 86.1 Å². The second-order valence-corrected chi connectivity index (χ2v) is 13.9. The first-order valence-electron chi connectivity index (χ1n) is 17.6. The van der Waals surface area contributed by atoms with Crippen LogP contribution in [0.5, 0.6) is 5.75 Å². The van der Waals surface area contributed by atoms with E-state index in [2.05, 4.69) is 80.1 Å².